The van der Waals surface area contributed by atoms with Crippen LogP contribution in [0.4, 0.5) is 4.79 Å². The number of carbonyl (C=O) groups excluding carboxylic acids is 2. The van der Waals surface area contributed by atoms with Gasteiger partial charge in [0.15, 0.2) is 0 Å². The van der Waals surface area contributed by atoms with E-state index >= 15 is 0 Å². The molecule has 0 radical (unpaired) electrons. The van der Waals surface area contributed by atoms with E-state index < -0.39 is 12.1 Å². The summed E-state index contributed by atoms with van der Waals surface area (Å²) in [5.41, 5.74) is 4.72. The first-order chi connectivity index (χ1) is 16.4. The van der Waals surface area contributed by atoms with Crippen molar-refractivity contribution in [3.8, 4) is 11.1 Å². The highest BCUT2D eigenvalue weighted by Crippen LogP contribution is 2.44. The fourth-order valence-electron chi connectivity index (χ4n) is 5.58. The average Bonchev–Trinajstić information content (AvgIpc) is 3.56. The van der Waals surface area contributed by atoms with Crippen LogP contribution in [-0.2, 0) is 14.3 Å². The quantitative estimate of drug-likeness (QED) is 0.679. The van der Waals surface area contributed by atoms with E-state index in [4.69, 9.17) is 4.74 Å². The van der Waals surface area contributed by atoms with Crippen molar-refractivity contribution in [1.29, 1.82) is 0 Å². The minimum atomic E-state index is -0.782. The lowest BCUT2D eigenvalue weighted by Gasteiger charge is -2.36. The highest BCUT2D eigenvalue weighted by Gasteiger charge is 2.46. The molecular formula is C27H30N2O5. The number of likely N-dealkylation sites (tertiary alicyclic amines) is 1. The average molecular weight is 463 g/mol. The highest BCUT2D eigenvalue weighted by molar-refractivity contribution is 5.83. The molecule has 1 saturated heterocycles. The second kappa shape index (κ2) is 9.12. The van der Waals surface area contributed by atoms with Crippen molar-refractivity contribution in [3.63, 3.8) is 0 Å². The molecule has 2 aromatic rings. The summed E-state index contributed by atoms with van der Waals surface area (Å²) in [7, 11) is 0. The standard InChI is InChI=1S/C27H30N2O5/c1-16-12-17(26(31)32)10-11-29(16)25(30)23-13-18(23)14-28-27(33)34-15-24-21-8-4-2-6-19(21)20-7-3-5-9-22(20)24/h2-9,16-18,23-24H,10-15H2,1H3,(H,28,33)(H,31,32). The van der Waals surface area contributed by atoms with Crippen LogP contribution in [0.25, 0.3) is 11.1 Å². The lowest BCUT2D eigenvalue weighted by molar-refractivity contribution is -0.148. The summed E-state index contributed by atoms with van der Waals surface area (Å²) in [6.07, 6.45) is 1.28. The van der Waals surface area contributed by atoms with Crippen molar-refractivity contribution in [2.75, 3.05) is 19.7 Å². The Kier molecular flexibility index (Phi) is 6.02. The molecule has 7 nitrogen and oxygen atoms in total. The Balaban J connectivity index is 1.10. The van der Waals surface area contributed by atoms with Crippen LogP contribution in [-0.4, -0.2) is 53.7 Å². The minimum absolute atomic E-state index is 0.0172. The second-order valence-electron chi connectivity index (χ2n) is 9.75. The van der Waals surface area contributed by atoms with Crippen LogP contribution in [0.1, 0.15) is 43.2 Å². The molecule has 2 aliphatic carbocycles. The van der Waals surface area contributed by atoms with Crippen LogP contribution in [0.2, 0.25) is 0 Å². The van der Waals surface area contributed by atoms with Crippen LogP contribution < -0.4 is 5.32 Å². The Hall–Kier alpha value is -3.35. The van der Waals surface area contributed by atoms with E-state index in [0.717, 1.165) is 6.42 Å². The Morgan fingerprint density at radius 3 is 2.29 bits per heavy atom. The van der Waals surface area contributed by atoms with Gasteiger partial charge in [-0.2, -0.15) is 0 Å². The molecule has 3 aliphatic rings. The van der Waals surface area contributed by atoms with Gasteiger partial charge in [0.2, 0.25) is 5.91 Å². The molecule has 0 bridgehead atoms. The maximum Gasteiger partial charge on any atom is 0.407 e. The first-order valence-electron chi connectivity index (χ1n) is 12.1. The Morgan fingerprint density at radius 2 is 1.68 bits per heavy atom. The number of carboxylic acid groups (broad SMARTS) is 1. The van der Waals surface area contributed by atoms with Gasteiger partial charge in [0.1, 0.15) is 6.61 Å². The molecule has 4 unspecified atom stereocenters. The van der Waals surface area contributed by atoms with Crippen LogP contribution in [0.15, 0.2) is 48.5 Å². The van der Waals surface area contributed by atoms with Gasteiger partial charge in [-0.1, -0.05) is 48.5 Å². The molecule has 7 heteroatoms. The van der Waals surface area contributed by atoms with Crippen LogP contribution in [0, 0.1) is 17.8 Å². The summed E-state index contributed by atoms with van der Waals surface area (Å²) < 4.78 is 5.58. The molecule has 2 fully saturated rings. The van der Waals surface area contributed by atoms with Crippen LogP contribution in [0.3, 0.4) is 0 Å². The number of piperidine rings is 1. The SMILES string of the molecule is CC1CC(C(=O)O)CCN1C(=O)C1CC1CNC(=O)OCC1c2ccccc2-c2ccccc21. The van der Waals surface area contributed by atoms with Gasteiger partial charge in [-0.15, -0.1) is 0 Å². The predicted molar refractivity (Wildman–Crippen MR) is 126 cm³/mol. The minimum Gasteiger partial charge on any atom is -0.481 e. The van der Waals surface area contributed by atoms with E-state index in [1.165, 1.54) is 22.3 Å². The van der Waals surface area contributed by atoms with Gasteiger partial charge in [-0.3, -0.25) is 9.59 Å². The second-order valence-corrected chi connectivity index (χ2v) is 9.75. The van der Waals surface area contributed by atoms with E-state index in [1.54, 1.807) is 0 Å². The summed E-state index contributed by atoms with van der Waals surface area (Å²) in [4.78, 5) is 38.3. The zero-order chi connectivity index (χ0) is 23.8. The van der Waals surface area contributed by atoms with Crippen LogP contribution >= 0.6 is 0 Å². The number of rotatable bonds is 6. The predicted octanol–water partition coefficient (Wildman–Crippen LogP) is 3.87. The Labute approximate surface area is 199 Å². The van der Waals surface area contributed by atoms with E-state index in [0.29, 0.717) is 25.9 Å². The number of benzene rings is 2. The third-order valence-electron chi connectivity index (χ3n) is 7.60. The molecule has 0 spiro atoms. The number of aliphatic carboxylic acids is 1. The summed E-state index contributed by atoms with van der Waals surface area (Å²) in [6, 6.07) is 16.4. The van der Waals surface area contributed by atoms with Gasteiger partial charge in [-0.25, -0.2) is 4.79 Å². The number of carboxylic acids is 1. The molecule has 1 aliphatic heterocycles. The molecule has 1 saturated carbocycles. The van der Waals surface area contributed by atoms with Crippen molar-refractivity contribution >= 4 is 18.0 Å². The molecule has 4 atom stereocenters. The van der Waals surface area contributed by atoms with E-state index in [-0.39, 0.29) is 42.2 Å². The zero-order valence-corrected chi connectivity index (χ0v) is 19.3. The summed E-state index contributed by atoms with van der Waals surface area (Å²) >= 11 is 0. The Morgan fingerprint density at radius 1 is 1.03 bits per heavy atom. The monoisotopic (exact) mass is 462 g/mol. The number of amides is 2. The van der Waals surface area contributed by atoms with E-state index in [1.807, 2.05) is 36.1 Å². The maximum absolute atomic E-state index is 12.9. The van der Waals surface area contributed by atoms with Crippen molar-refractivity contribution in [2.24, 2.45) is 17.8 Å². The summed E-state index contributed by atoms with van der Waals surface area (Å²) in [6.45, 7) is 3.08. The molecule has 2 N–H and O–H groups in total. The van der Waals surface area contributed by atoms with Crippen molar-refractivity contribution in [1.82, 2.24) is 10.2 Å². The number of nitrogens with zero attached hydrogens (tertiary/aromatic N) is 1. The zero-order valence-electron chi connectivity index (χ0n) is 19.3. The van der Waals surface area contributed by atoms with Gasteiger partial charge in [-0.05, 0) is 54.4 Å². The van der Waals surface area contributed by atoms with E-state index in [2.05, 4.69) is 29.6 Å². The third kappa shape index (κ3) is 4.27. The number of hydrogen-bond acceptors (Lipinski definition) is 4. The number of alkyl carbamates (subject to hydrolysis) is 1. The van der Waals surface area contributed by atoms with Crippen molar-refractivity contribution in [2.45, 2.75) is 38.1 Å². The fourth-order valence-corrected chi connectivity index (χ4v) is 5.58. The van der Waals surface area contributed by atoms with Crippen molar-refractivity contribution < 1.29 is 24.2 Å². The molecule has 2 amide bonds. The molecule has 34 heavy (non-hydrogen) atoms. The first-order valence-corrected chi connectivity index (χ1v) is 12.1. The van der Waals surface area contributed by atoms with Gasteiger partial charge >= 0.3 is 12.1 Å². The lowest BCUT2D eigenvalue weighted by Crippen LogP contribution is -2.47. The number of fused-ring (bicyclic) bond motifs is 3. The normalized spacial score (nSPS) is 25.3. The molecule has 0 aromatic heterocycles. The molecule has 178 valence electrons. The highest BCUT2D eigenvalue weighted by atomic mass is 16.5. The smallest absolute Gasteiger partial charge is 0.407 e. The van der Waals surface area contributed by atoms with Gasteiger partial charge in [0.25, 0.3) is 0 Å². The largest absolute Gasteiger partial charge is 0.481 e. The maximum atomic E-state index is 12.9. The number of nitrogens with one attached hydrogen (secondary N) is 1. The van der Waals surface area contributed by atoms with Gasteiger partial charge in [0, 0.05) is 31.0 Å². The topological polar surface area (TPSA) is 95.9 Å². The lowest BCUT2D eigenvalue weighted by atomic mass is 9.91. The fraction of sp³-hybridized carbons (Fsp3) is 0.444. The molecule has 2 aromatic carbocycles. The third-order valence-corrected chi connectivity index (χ3v) is 7.60. The van der Waals surface area contributed by atoms with Crippen molar-refractivity contribution in [3.05, 3.63) is 59.7 Å². The number of hydrogen-bond donors (Lipinski definition) is 2. The van der Waals surface area contributed by atoms with E-state index in [9.17, 15) is 19.5 Å². The summed E-state index contributed by atoms with van der Waals surface area (Å²) in [5.74, 6) is -1.05. The molecule has 1 heterocycles. The molecular weight excluding hydrogens is 432 g/mol. The summed E-state index contributed by atoms with van der Waals surface area (Å²) in [5, 5.41) is 12.0. The number of ether oxygens (including phenoxy) is 1. The van der Waals surface area contributed by atoms with Gasteiger partial charge < -0.3 is 20.1 Å². The van der Waals surface area contributed by atoms with Gasteiger partial charge in [0.05, 0.1) is 5.92 Å². The number of carbonyl (C=O) groups is 3. The molecule has 5 rings (SSSR count). The first kappa shape index (κ1) is 22.4. The van der Waals surface area contributed by atoms with Crippen LogP contribution in [0.5, 0.6) is 0 Å². The Bertz CT molecular complexity index is 1070.